The first kappa shape index (κ1) is 10.1. The van der Waals surface area contributed by atoms with Gasteiger partial charge in [-0.05, 0) is 18.6 Å². The van der Waals surface area contributed by atoms with Crippen LogP contribution in [0.2, 0.25) is 0 Å². The lowest BCUT2D eigenvalue weighted by atomic mass is 10.3. The first-order chi connectivity index (χ1) is 7.26. The van der Waals surface area contributed by atoms with Crippen LogP contribution in [0, 0.1) is 5.82 Å². The van der Waals surface area contributed by atoms with Gasteiger partial charge >= 0.3 is 0 Å². The number of aliphatic hydroxyl groups is 1. The van der Waals surface area contributed by atoms with Gasteiger partial charge in [0.05, 0.1) is 11.0 Å². The molecule has 0 saturated heterocycles. The van der Waals surface area contributed by atoms with Crippen LogP contribution in [0.15, 0.2) is 18.2 Å². The fourth-order valence-corrected chi connectivity index (χ4v) is 1.75. The van der Waals surface area contributed by atoms with Gasteiger partial charge in [0, 0.05) is 12.6 Å². The number of imidazole rings is 1. The molecule has 0 unspecified atom stereocenters. The van der Waals surface area contributed by atoms with Crippen LogP contribution in [0.3, 0.4) is 0 Å². The molecular weight excluding hydrogens is 195 g/mol. The largest absolute Gasteiger partial charge is 0.388 e. The lowest BCUT2D eigenvalue weighted by Crippen LogP contribution is -2.02. The zero-order valence-electron chi connectivity index (χ0n) is 8.57. The molecule has 0 saturated carbocycles. The average molecular weight is 208 g/mol. The standard InChI is InChI=1S/C11H13FN2O/c1-2-5-14-10-4-3-8(12)6-9(10)13-11(14)7-15/h3-4,6,15H,2,5,7H2,1H3. The average Bonchev–Trinajstić information content (AvgIpc) is 2.56. The Morgan fingerprint density at radius 1 is 1.47 bits per heavy atom. The van der Waals surface area contributed by atoms with Crippen LogP contribution in [0.5, 0.6) is 0 Å². The molecule has 0 spiro atoms. The summed E-state index contributed by atoms with van der Waals surface area (Å²) in [6, 6.07) is 4.50. The van der Waals surface area contributed by atoms with Gasteiger partial charge in [0.15, 0.2) is 0 Å². The van der Waals surface area contributed by atoms with Crippen molar-refractivity contribution in [3.8, 4) is 0 Å². The quantitative estimate of drug-likeness (QED) is 0.838. The highest BCUT2D eigenvalue weighted by molar-refractivity contribution is 5.76. The highest BCUT2D eigenvalue weighted by Crippen LogP contribution is 2.18. The lowest BCUT2D eigenvalue weighted by molar-refractivity contribution is 0.265. The molecule has 4 heteroatoms. The Hall–Kier alpha value is -1.42. The summed E-state index contributed by atoms with van der Waals surface area (Å²) < 4.78 is 14.9. The number of hydrogen-bond acceptors (Lipinski definition) is 2. The molecule has 0 amide bonds. The number of aromatic nitrogens is 2. The SMILES string of the molecule is CCCn1c(CO)nc2cc(F)ccc21. The summed E-state index contributed by atoms with van der Waals surface area (Å²) in [5.41, 5.74) is 1.48. The van der Waals surface area contributed by atoms with Crippen LogP contribution in [0.1, 0.15) is 19.2 Å². The topological polar surface area (TPSA) is 38.0 Å². The summed E-state index contributed by atoms with van der Waals surface area (Å²) in [5.74, 6) is 0.297. The number of hydrogen-bond donors (Lipinski definition) is 1. The molecule has 0 aliphatic carbocycles. The van der Waals surface area contributed by atoms with Crippen LogP contribution in [-0.4, -0.2) is 14.7 Å². The summed E-state index contributed by atoms with van der Waals surface area (Å²) in [5, 5.41) is 9.14. The van der Waals surface area contributed by atoms with E-state index in [1.807, 2.05) is 4.57 Å². The fourth-order valence-electron chi connectivity index (χ4n) is 1.75. The molecule has 0 atom stereocenters. The molecule has 1 N–H and O–H groups in total. The number of benzene rings is 1. The van der Waals surface area contributed by atoms with E-state index in [-0.39, 0.29) is 12.4 Å². The van der Waals surface area contributed by atoms with Gasteiger partial charge in [-0.25, -0.2) is 9.37 Å². The molecule has 80 valence electrons. The van der Waals surface area contributed by atoms with Crippen molar-refractivity contribution >= 4 is 11.0 Å². The molecule has 1 aromatic heterocycles. The molecule has 0 fully saturated rings. The monoisotopic (exact) mass is 208 g/mol. The maximum atomic E-state index is 13.0. The van der Waals surface area contributed by atoms with Crippen molar-refractivity contribution in [1.82, 2.24) is 9.55 Å². The van der Waals surface area contributed by atoms with Crippen molar-refractivity contribution in [3.05, 3.63) is 29.8 Å². The molecule has 15 heavy (non-hydrogen) atoms. The maximum Gasteiger partial charge on any atom is 0.135 e. The number of aliphatic hydroxyl groups excluding tert-OH is 1. The van der Waals surface area contributed by atoms with Crippen molar-refractivity contribution in [2.45, 2.75) is 26.5 Å². The molecule has 2 rings (SSSR count). The van der Waals surface area contributed by atoms with E-state index in [0.29, 0.717) is 11.3 Å². The summed E-state index contributed by atoms with van der Waals surface area (Å²) in [7, 11) is 0. The lowest BCUT2D eigenvalue weighted by Gasteiger charge is -2.04. The normalized spacial score (nSPS) is 11.1. The van der Waals surface area contributed by atoms with Crippen molar-refractivity contribution in [2.75, 3.05) is 0 Å². The Balaban J connectivity index is 2.63. The second kappa shape index (κ2) is 3.98. The maximum absolute atomic E-state index is 13.0. The zero-order chi connectivity index (χ0) is 10.8. The fraction of sp³-hybridized carbons (Fsp3) is 0.364. The van der Waals surface area contributed by atoms with E-state index >= 15 is 0 Å². The molecule has 0 radical (unpaired) electrons. The van der Waals surface area contributed by atoms with Crippen LogP contribution in [0.25, 0.3) is 11.0 Å². The smallest absolute Gasteiger partial charge is 0.135 e. The van der Waals surface area contributed by atoms with Crippen molar-refractivity contribution < 1.29 is 9.50 Å². The van der Waals surface area contributed by atoms with Crippen molar-refractivity contribution in [2.24, 2.45) is 0 Å². The molecule has 1 heterocycles. The van der Waals surface area contributed by atoms with Gasteiger partial charge in [-0.2, -0.15) is 0 Å². The molecule has 0 bridgehead atoms. The second-order valence-electron chi connectivity index (χ2n) is 3.47. The van der Waals surface area contributed by atoms with Crippen LogP contribution in [0.4, 0.5) is 4.39 Å². The third kappa shape index (κ3) is 1.72. The van der Waals surface area contributed by atoms with E-state index < -0.39 is 0 Å². The minimum Gasteiger partial charge on any atom is -0.388 e. The summed E-state index contributed by atoms with van der Waals surface area (Å²) >= 11 is 0. The predicted molar refractivity (Wildman–Crippen MR) is 55.9 cm³/mol. The van der Waals surface area contributed by atoms with Gasteiger partial charge in [-0.15, -0.1) is 0 Å². The number of aryl methyl sites for hydroxylation is 1. The first-order valence-electron chi connectivity index (χ1n) is 5.01. The Morgan fingerprint density at radius 2 is 2.27 bits per heavy atom. The third-order valence-electron chi connectivity index (χ3n) is 2.38. The molecule has 0 aliphatic rings. The molecule has 2 aromatic rings. The third-order valence-corrected chi connectivity index (χ3v) is 2.38. The Bertz CT molecular complexity index is 479. The summed E-state index contributed by atoms with van der Waals surface area (Å²) in [6.45, 7) is 2.73. The zero-order valence-corrected chi connectivity index (χ0v) is 8.57. The number of rotatable bonds is 3. The number of halogens is 1. The summed E-state index contributed by atoms with van der Waals surface area (Å²) in [4.78, 5) is 4.18. The van der Waals surface area contributed by atoms with Crippen molar-refractivity contribution in [3.63, 3.8) is 0 Å². The number of nitrogens with zero attached hydrogens (tertiary/aromatic N) is 2. The first-order valence-corrected chi connectivity index (χ1v) is 5.01. The van der Waals surface area contributed by atoms with Crippen LogP contribution >= 0.6 is 0 Å². The Kier molecular flexibility index (Phi) is 2.68. The van der Waals surface area contributed by atoms with Gasteiger partial charge in [0.2, 0.25) is 0 Å². The van der Waals surface area contributed by atoms with Crippen LogP contribution < -0.4 is 0 Å². The highest BCUT2D eigenvalue weighted by atomic mass is 19.1. The molecule has 0 aliphatic heterocycles. The van der Waals surface area contributed by atoms with E-state index in [2.05, 4.69) is 11.9 Å². The highest BCUT2D eigenvalue weighted by Gasteiger charge is 2.09. The van der Waals surface area contributed by atoms with Gasteiger partial charge in [-0.1, -0.05) is 6.92 Å². The van der Waals surface area contributed by atoms with Gasteiger partial charge in [0.25, 0.3) is 0 Å². The second-order valence-corrected chi connectivity index (χ2v) is 3.47. The predicted octanol–water partition coefficient (Wildman–Crippen LogP) is 2.08. The molecular formula is C11H13FN2O. The Morgan fingerprint density at radius 3 is 2.93 bits per heavy atom. The number of fused-ring (bicyclic) bond motifs is 1. The molecule has 1 aromatic carbocycles. The Labute approximate surface area is 87.2 Å². The van der Waals surface area contributed by atoms with Gasteiger partial charge in [0.1, 0.15) is 18.2 Å². The van der Waals surface area contributed by atoms with Gasteiger partial charge < -0.3 is 9.67 Å². The van der Waals surface area contributed by atoms with E-state index in [0.717, 1.165) is 18.5 Å². The minimum atomic E-state index is -0.298. The van der Waals surface area contributed by atoms with Crippen LogP contribution in [-0.2, 0) is 13.2 Å². The van der Waals surface area contributed by atoms with E-state index in [4.69, 9.17) is 5.11 Å². The van der Waals surface area contributed by atoms with E-state index in [1.165, 1.54) is 12.1 Å². The molecule has 3 nitrogen and oxygen atoms in total. The van der Waals surface area contributed by atoms with E-state index in [9.17, 15) is 4.39 Å². The van der Waals surface area contributed by atoms with Gasteiger partial charge in [-0.3, -0.25) is 0 Å². The van der Waals surface area contributed by atoms with Crippen molar-refractivity contribution in [1.29, 1.82) is 0 Å². The minimum absolute atomic E-state index is 0.115. The summed E-state index contributed by atoms with van der Waals surface area (Å²) in [6.07, 6.45) is 0.954. The van der Waals surface area contributed by atoms with E-state index in [1.54, 1.807) is 6.07 Å².